The zero-order valence-electron chi connectivity index (χ0n) is 24.8. The normalized spacial score (nSPS) is 11.3. The minimum Gasteiger partial charge on any atom is -0.397 e. The lowest BCUT2D eigenvalue weighted by Gasteiger charge is -2.12. The molecule has 0 saturated carbocycles. The number of pyridine rings is 2. The molecule has 0 bridgehead atoms. The fourth-order valence-corrected chi connectivity index (χ4v) is 5.06. The van der Waals surface area contributed by atoms with Crippen LogP contribution in [0.1, 0.15) is 43.4 Å². The van der Waals surface area contributed by atoms with E-state index in [1.54, 1.807) is 23.6 Å². The molecule has 4 aromatic heterocycles. The zero-order chi connectivity index (χ0) is 31.2. The fraction of sp³-hybridized carbons (Fsp3) is 0.171. The standard InChI is InChI=1S/C31H29FN6S.C2H6.C2H2/c1-3-20(16-34-17-21-8-6-5-7-9-21)14-22(4-2)29-28(32)25(26(33)18-36-29)15-27-37-30-24(23-11-13-39-19-23)10-12-35-31(30)38-27;2*1-2/h3-14,18-19,34H,1,15-17,33H2,2H3,(H,35,37,38);1-2H3;1-2H/b20-14+,22-4+;;. The Kier molecular flexibility index (Phi) is 12.6. The Morgan fingerprint density at radius 1 is 1.14 bits per heavy atom. The summed E-state index contributed by atoms with van der Waals surface area (Å²) in [7, 11) is 0. The van der Waals surface area contributed by atoms with Crippen molar-refractivity contribution in [2.24, 2.45) is 0 Å². The Morgan fingerprint density at radius 3 is 2.58 bits per heavy atom. The fourth-order valence-electron chi connectivity index (χ4n) is 4.40. The summed E-state index contributed by atoms with van der Waals surface area (Å²) in [6.45, 7) is 11.1. The van der Waals surface area contributed by atoms with Crippen molar-refractivity contribution in [2.45, 2.75) is 33.7 Å². The van der Waals surface area contributed by atoms with Gasteiger partial charge in [0, 0.05) is 36.8 Å². The minimum absolute atomic E-state index is 0.181. The molecule has 0 spiro atoms. The molecule has 6 nitrogen and oxygen atoms in total. The van der Waals surface area contributed by atoms with Crippen LogP contribution < -0.4 is 11.1 Å². The van der Waals surface area contributed by atoms with Gasteiger partial charge >= 0.3 is 0 Å². The van der Waals surface area contributed by atoms with Crippen LogP contribution in [0.25, 0.3) is 27.9 Å². The first-order valence-electron chi connectivity index (χ1n) is 13.9. The molecule has 0 radical (unpaired) electrons. The molecule has 0 atom stereocenters. The topological polar surface area (TPSA) is 92.5 Å². The lowest BCUT2D eigenvalue weighted by molar-refractivity contribution is 0.603. The zero-order valence-corrected chi connectivity index (χ0v) is 25.6. The molecule has 4 heterocycles. The number of hydrogen-bond acceptors (Lipinski definition) is 6. The maximum atomic E-state index is 15.9. The largest absolute Gasteiger partial charge is 0.397 e. The third kappa shape index (κ3) is 8.13. The predicted molar refractivity (Wildman–Crippen MR) is 180 cm³/mol. The van der Waals surface area contributed by atoms with E-state index in [0.717, 1.165) is 28.8 Å². The van der Waals surface area contributed by atoms with Crippen molar-refractivity contribution in [2.75, 3.05) is 12.3 Å². The highest BCUT2D eigenvalue weighted by atomic mass is 32.1. The van der Waals surface area contributed by atoms with Gasteiger partial charge in [-0.05, 0) is 58.2 Å². The highest BCUT2D eigenvalue weighted by Crippen LogP contribution is 2.30. The molecule has 0 amide bonds. The quantitative estimate of drug-likeness (QED) is 0.113. The summed E-state index contributed by atoms with van der Waals surface area (Å²) in [5.41, 5.74) is 13.3. The number of nitrogens with zero attached hydrogens (tertiary/aromatic N) is 3. The molecule has 0 aliphatic carbocycles. The van der Waals surface area contributed by atoms with E-state index in [1.165, 1.54) is 11.8 Å². The Hall–Kier alpha value is -4.84. The van der Waals surface area contributed by atoms with Crippen LogP contribution in [-0.2, 0) is 13.0 Å². The number of terminal acetylenes is 1. The molecule has 0 fully saturated rings. The molecule has 0 unspecified atom stereocenters. The minimum atomic E-state index is -0.466. The van der Waals surface area contributed by atoms with Crippen LogP contribution in [0.15, 0.2) is 96.0 Å². The molecule has 5 aromatic rings. The third-order valence-electron chi connectivity index (χ3n) is 6.46. The van der Waals surface area contributed by atoms with Gasteiger partial charge in [0.25, 0.3) is 0 Å². The van der Waals surface area contributed by atoms with Gasteiger partial charge in [0.05, 0.1) is 17.4 Å². The second-order valence-corrected chi connectivity index (χ2v) is 9.82. The highest BCUT2D eigenvalue weighted by Gasteiger charge is 2.19. The number of H-pyrrole nitrogens is 1. The Bertz CT molecular complexity index is 1700. The number of benzene rings is 1. The van der Waals surface area contributed by atoms with E-state index < -0.39 is 5.82 Å². The molecular formula is C35H37FN6S. The van der Waals surface area contributed by atoms with Gasteiger partial charge in [-0.25, -0.2) is 14.4 Å². The predicted octanol–water partition coefficient (Wildman–Crippen LogP) is 7.97. The van der Waals surface area contributed by atoms with Crippen molar-refractivity contribution in [1.29, 1.82) is 0 Å². The van der Waals surface area contributed by atoms with E-state index in [-0.39, 0.29) is 17.8 Å². The number of aromatic nitrogens is 4. The number of fused-ring (bicyclic) bond motifs is 1. The smallest absolute Gasteiger partial charge is 0.178 e. The Balaban J connectivity index is 0.00000121. The summed E-state index contributed by atoms with van der Waals surface area (Å²) < 4.78 is 15.9. The van der Waals surface area contributed by atoms with Crippen molar-refractivity contribution >= 4 is 33.8 Å². The molecule has 1 aromatic carbocycles. The summed E-state index contributed by atoms with van der Waals surface area (Å²) in [5.74, 6) is 0.115. The van der Waals surface area contributed by atoms with Gasteiger partial charge in [-0.1, -0.05) is 62.9 Å². The summed E-state index contributed by atoms with van der Waals surface area (Å²) in [6, 6.07) is 14.1. The third-order valence-corrected chi connectivity index (χ3v) is 7.14. The molecule has 5 rings (SSSR count). The average molecular weight is 593 g/mol. The molecular weight excluding hydrogens is 555 g/mol. The number of imidazole rings is 1. The van der Waals surface area contributed by atoms with Gasteiger partial charge in [-0.15, -0.1) is 12.8 Å². The SMILES string of the molecule is C#C.C=C/C(=C\C(=C/C)c1ncc(N)c(Cc2nc3nccc(-c4ccsc4)c3[nH]2)c1F)CNCc1ccccc1.CC. The summed E-state index contributed by atoms with van der Waals surface area (Å²) in [6.07, 6.45) is 16.9. The maximum absolute atomic E-state index is 15.9. The van der Waals surface area contributed by atoms with Crippen molar-refractivity contribution in [1.82, 2.24) is 25.3 Å². The van der Waals surface area contributed by atoms with Crippen molar-refractivity contribution in [3.05, 3.63) is 124 Å². The number of anilines is 1. The monoisotopic (exact) mass is 592 g/mol. The van der Waals surface area contributed by atoms with E-state index in [4.69, 9.17) is 5.73 Å². The molecule has 8 heteroatoms. The molecule has 43 heavy (non-hydrogen) atoms. The lowest BCUT2D eigenvalue weighted by atomic mass is 10.0. The van der Waals surface area contributed by atoms with Crippen LogP contribution in [-0.4, -0.2) is 26.5 Å². The van der Waals surface area contributed by atoms with Gasteiger partial charge in [-0.2, -0.15) is 11.3 Å². The van der Waals surface area contributed by atoms with Crippen LogP contribution >= 0.6 is 11.3 Å². The van der Waals surface area contributed by atoms with Crippen LogP contribution in [0.4, 0.5) is 10.1 Å². The van der Waals surface area contributed by atoms with Crippen LogP contribution in [0.2, 0.25) is 0 Å². The van der Waals surface area contributed by atoms with Gasteiger partial charge in [-0.3, -0.25) is 4.98 Å². The number of nitrogens with two attached hydrogens (primary N) is 1. The number of hydrogen-bond donors (Lipinski definition) is 3. The van der Waals surface area contributed by atoms with Crippen LogP contribution in [0.5, 0.6) is 0 Å². The Morgan fingerprint density at radius 2 is 1.91 bits per heavy atom. The van der Waals surface area contributed by atoms with Crippen molar-refractivity contribution < 1.29 is 4.39 Å². The number of nitrogen functional groups attached to an aromatic ring is 1. The van der Waals surface area contributed by atoms with E-state index in [1.807, 2.05) is 68.6 Å². The highest BCUT2D eigenvalue weighted by molar-refractivity contribution is 7.08. The Labute approximate surface area is 257 Å². The summed E-state index contributed by atoms with van der Waals surface area (Å²) >= 11 is 1.62. The molecule has 0 aliphatic heterocycles. The van der Waals surface area contributed by atoms with Gasteiger partial charge in [0.15, 0.2) is 11.5 Å². The molecule has 0 saturated heterocycles. The second-order valence-electron chi connectivity index (χ2n) is 9.04. The first kappa shape index (κ1) is 32.7. The first-order chi connectivity index (χ1) is 21.1. The van der Waals surface area contributed by atoms with Crippen LogP contribution in [0.3, 0.4) is 0 Å². The van der Waals surface area contributed by atoms with E-state index in [2.05, 4.69) is 62.2 Å². The van der Waals surface area contributed by atoms with Crippen molar-refractivity contribution in [3.63, 3.8) is 0 Å². The number of nitrogens with one attached hydrogen (secondary N) is 2. The van der Waals surface area contributed by atoms with Gasteiger partial charge in [0.1, 0.15) is 11.5 Å². The van der Waals surface area contributed by atoms with E-state index in [9.17, 15) is 0 Å². The number of thiophene rings is 1. The molecule has 0 aliphatic rings. The molecule has 4 N–H and O–H groups in total. The van der Waals surface area contributed by atoms with E-state index >= 15 is 4.39 Å². The number of allylic oxidation sites excluding steroid dienone is 3. The van der Waals surface area contributed by atoms with E-state index in [0.29, 0.717) is 29.2 Å². The average Bonchev–Trinajstić information content (AvgIpc) is 3.74. The summed E-state index contributed by atoms with van der Waals surface area (Å²) in [5, 5.41) is 7.51. The molecule has 220 valence electrons. The number of aromatic amines is 1. The lowest BCUT2D eigenvalue weighted by Crippen LogP contribution is -2.16. The first-order valence-corrected chi connectivity index (χ1v) is 14.9. The van der Waals surface area contributed by atoms with Crippen LogP contribution in [0, 0.1) is 18.7 Å². The summed E-state index contributed by atoms with van der Waals surface area (Å²) in [4.78, 5) is 16.7. The van der Waals surface area contributed by atoms with Crippen molar-refractivity contribution in [3.8, 4) is 24.0 Å². The van der Waals surface area contributed by atoms with Gasteiger partial charge in [0.2, 0.25) is 0 Å². The number of halogens is 1. The number of rotatable bonds is 10. The second kappa shape index (κ2) is 16.6. The maximum Gasteiger partial charge on any atom is 0.178 e. The van der Waals surface area contributed by atoms with Gasteiger partial charge < -0.3 is 16.0 Å².